The Labute approximate surface area is 180 Å². The van der Waals surface area contributed by atoms with Crippen LogP contribution in [0.1, 0.15) is 26.2 Å². The first-order valence-corrected chi connectivity index (χ1v) is 11.4. The van der Waals surface area contributed by atoms with Gasteiger partial charge in [-0.2, -0.15) is 0 Å². The summed E-state index contributed by atoms with van der Waals surface area (Å²) in [5.74, 6) is -0.161. The van der Waals surface area contributed by atoms with Crippen molar-refractivity contribution in [1.82, 2.24) is 24.5 Å². The van der Waals surface area contributed by atoms with Crippen LogP contribution in [0.2, 0.25) is 0 Å². The molecule has 0 aromatic rings. The van der Waals surface area contributed by atoms with Crippen LogP contribution in [0.3, 0.4) is 0 Å². The fraction of sp³-hybridized carbons (Fsp3) is 0.905. The lowest BCUT2D eigenvalue weighted by atomic mass is 10.0. The first-order valence-electron chi connectivity index (χ1n) is 11.4. The Morgan fingerprint density at radius 1 is 1.03 bits per heavy atom. The highest BCUT2D eigenvalue weighted by atomic mass is 16.6. The number of likely N-dealkylation sites (N-methyl/N-ethyl adjacent to an activating group) is 2. The zero-order valence-corrected chi connectivity index (χ0v) is 18.9. The number of hydrogen-bond acceptors (Lipinski definition) is 8. The van der Waals surface area contributed by atoms with Gasteiger partial charge in [-0.1, -0.05) is 6.92 Å². The van der Waals surface area contributed by atoms with Crippen molar-refractivity contribution < 1.29 is 19.1 Å². The molecule has 3 aliphatic rings. The molecule has 0 saturated carbocycles. The van der Waals surface area contributed by atoms with Crippen molar-refractivity contribution >= 4 is 12.1 Å². The second kappa shape index (κ2) is 11.3. The van der Waals surface area contributed by atoms with Gasteiger partial charge in [0.25, 0.3) is 0 Å². The van der Waals surface area contributed by atoms with Crippen molar-refractivity contribution in [1.29, 1.82) is 0 Å². The summed E-state index contributed by atoms with van der Waals surface area (Å²) in [5.41, 5.74) is 0. The van der Waals surface area contributed by atoms with E-state index >= 15 is 0 Å². The van der Waals surface area contributed by atoms with E-state index in [1.54, 1.807) is 11.9 Å². The van der Waals surface area contributed by atoms with Gasteiger partial charge in [0.1, 0.15) is 0 Å². The van der Waals surface area contributed by atoms with Gasteiger partial charge in [-0.25, -0.2) is 4.79 Å². The predicted molar refractivity (Wildman–Crippen MR) is 114 cm³/mol. The second-order valence-corrected chi connectivity index (χ2v) is 8.66. The average Bonchev–Trinajstić information content (AvgIpc) is 3.10. The van der Waals surface area contributed by atoms with Gasteiger partial charge in [0.2, 0.25) is 0 Å². The number of carbonyl (C=O) groups excluding carboxylic acids is 2. The van der Waals surface area contributed by atoms with Gasteiger partial charge in [-0.05, 0) is 25.9 Å². The van der Waals surface area contributed by atoms with Crippen LogP contribution >= 0.6 is 0 Å². The molecule has 3 aliphatic heterocycles. The highest BCUT2D eigenvalue weighted by Gasteiger charge is 2.39. The highest BCUT2D eigenvalue weighted by molar-refractivity contribution is 5.69. The van der Waals surface area contributed by atoms with Gasteiger partial charge in [0, 0.05) is 65.4 Å². The summed E-state index contributed by atoms with van der Waals surface area (Å²) >= 11 is 0. The van der Waals surface area contributed by atoms with E-state index in [1.165, 1.54) is 7.11 Å². The lowest BCUT2D eigenvalue weighted by Crippen LogP contribution is -2.57. The summed E-state index contributed by atoms with van der Waals surface area (Å²) in [6, 6.07) is 0.331. The molecule has 9 nitrogen and oxygen atoms in total. The lowest BCUT2D eigenvalue weighted by Gasteiger charge is -2.43. The maximum absolute atomic E-state index is 11.9. The molecular formula is C21H39N5O4. The number of cyclic esters (lactones) is 1. The van der Waals surface area contributed by atoms with E-state index in [4.69, 9.17) is 9.47 Å². The minimum Gasteiger partial charge on any atom is -0.469 e. The molecule has 30 heavy (non-hydrogen) atoms. The zero-order valence-electron chi connectivity index (χ0n) is 18.9. The average molecular weight is 426 g/mol. The molecule has 0 aliphatic carbocycles. The van der Waals surface area contributed by atoms with Gasteiger partial charge >= 0.3 is 12.1 Å². The van der Waals surface area contributed by atoms with E-state index in [-0.39, 0.29) is 18.3 Å². The number of amides is 1. The highest BCUT2D eigenvalue weighted by Crippen LogP contribution is 2.23. The molecule has 0 spiro atoms. The zero-order chi connectivity index (χ0) is 21.5. The summed E-state index contributed by atoms with van der Waals surface area (Å²) in [5, 5.41) is 0. The minimum atomic E-state index is -0.235. The second-order valence-electron chi connectivity index (χ2n) is 8.66. The van der Waals surface area contributed by atoms with E-state index in [1.807, 2.05) is 0 Å². The molecule has 0 radical (unpaired) electrons. The number of rotatable bonds is 9. The van der Waals surface area contributed by atoms with Crippen molar-refractivity contribution in [3.05, 3.63) is 0 Å². The van der Waals surface area contributed by atoms with Gasteiger partial charge in [-0.15, -0.1) is 0 Å². The van der Waals surface area contributed by atoms with Crippen LogP contribution in [0.25, 0.3) is 0 Å². The standard InChI is InChI=1S/C21H39N5O4/c1-4-23-10-12-24(13-11-23)8-5-6-18-16-25(9-7-20(27)29-3)14-15-26(18)19-17-22(2)21(28)30-19/h18-19H,4-17H2,1-3H3. The van der Waals surface area contributed by atoms with Crippen LogP contribution in [0.15, 0.2) is 0 Å². The summed E-state index contributed by atoms with van der Waals surface area (Å²) in [6.07, 6.45) is 2.23. The summed E-state index contributed by atoms with van der Waals surface area (Å²) in [7, 11) is 3.23. The number of nitrogens with zero attached hydrogens (tertiary/aromatic N) is 5. The molecule has 9 heteroatoms. The third-order valence-electron chi connectivity index (χ3n) is 6.74. The number of carbonyl (C=O) groups is 2. The van der Waals surface area contributed by atoms with E-state index in [0.717, 1.165) is 78.3 Å². The fourth-order valence-electron chi connectivity index (χ4n) is 4.73. The van der Waals surface area contributed by atoms with Crippen molar-refractivity contribution in [2.75, 3.05) is 86.1 Å². The molecule has 0 aromatic carbocycles. The monoisotopic (exact) mass is 425 g/mol. The summed E-state index contributed by atoms with van der Waals surface area (Å²) in [6.45, 7) is 13.1. The van der Waals surface area contributed by atoms with Gasteiger partial charge in [-0.3, -0.25) is 14.6 Å². The maximum atomic E-state index is 11.9. The lowest BCUT2D eigenvalue weighted by molar-refractivity contribution is -0.141. The van der Waals surface area contributed by atoms with Crippen molar-refractivity contribution in [3.63, 3.8) is 0 Å². The Hall–Kier alpha value is -1.42. The molecule has 3 fully saturated rings. The molecule has 0 N–H and O–H groups in total. The number of ether oxygens (including phenoxy) is 2. The van der Waals surface area contributed by atoms with Gasteiger partial charge < -0.3 is 24.2 Å². The third-order valence-corrected chi connectivity index (χ3v) is 6.74. The molecule has 0 aromatic heterocycles. The topological polar surface area (TPSA) is 68.8 Å². The molecule has 1 amide bonds. The Bertz CT molecular complexity index is 570. The predicted octanol–water partition coefficient (Wildman–Crippen LogP) is 0.362. The number of piperazine rings is 2. The molecule has 172 valence electrons. The van der Waals surface area contributed by atoms with E-state index < -0.39 is 0 Å². The SMILES string of the molecule is CCN1CCN(CCCC2CN(CCC(=O)OC)CCN2C2CN(C)C(=O)O2)CC1. The van der Waals surface area contributed by atoms with E-state index in [9.17, 15) is 9.59 Å². The summed E-state index contributed by atoms with van der Waals surface area (Å²) < 4.78 is 10.4. The molecule has 0 bridgehead atoms. The Morgan fingerprint density at radius 3 is 2.37 bits per heavy atom. The third kappa shape index (κ3) is 6.29. The van der Waals surface area contributed by atoms with Gasteiger partial charge in [0.15, 0.2) is 6.23 Å². The number of esters is 1. The molecule has 2 unspecified atom stereocenters. The first kappa shape index (κ1) is 23.2. The smallest absolute Gasteiger partial charge is 0.411 e. The molecule has 3 rings (SSSR count). The van der Waals surface area contributed by atoms with E-state index in [0.29, 0.717) is 19.0 Å². The van der Waals surface area contributed by atoms with Crippen molar-refractivity contribution in [3.8, 4) is 0 Å². The fourth-order valence-corrected chi connectivity index (χ4v) is 4.73. The van der Waals surface area contributed by atoms with Crippen molar-refractivity contribution in [2.24, 2.45) is 0 Å². The van der Waals surface area contributed by atoms with E-state index in [2.05, 4.69) is 26.5 Å². The number of hydrogen-bond donors (Lipinski definition) is 0. The Balaban J connectivity index is 1.51. The Kier molecular flexibility index (Phi) is 8.73. The molecule has 2 atom stereocenters. The van der Waals surface area contributed by atoms with Crippen LogP contribution in [-0.4, -0.2) is 135 Å². The largest absolute Gasteiger partial charge is 0.469 e. The maximum Gasteiger partial charge on any atom is 0.411 e. The van der Waals surface area contributed by atoms with Crippen LogP contribution < -0.4 is 0 Å². The molecular weight excluding hydrogens is 386 g/mol. The molecule has 3 heterocycles. The van der Waals surface area contributed by atoms with Crippen LogP contribution in [0, 0.1) is 0 Å². The number of methoxy groups -OCH3 is 1. The minimum absolute atomic E-state index is 0.161. The van der Waals surface area contributed by atoms with Gasteiger partial charge in [0.05, 0.1) is 20.1 Å². The quantitative estimate of drug-likeness (QED) is 0.491. The van der Waals surface area contributed by atoms with Crippen LogP contribution in [0.4, 0.5) is 4.79 Å². The summed E-state index contributed by atoms with van der Waals surface area (Å²) in [4.78, 5) is 34.9. The first-order chi connectivity index (χ1) is 14.5. The van der Waals surface area contributed by atoms with Crippen molar-refractivity contribution in [2.45, 2.75) is 38.5 Å². The molecule has 3 saturated heterocycles. The normalized spacial score (nSPS) is 27.4. The van der Waals surface area contributed by atoms with Crippen LogP contribution in [0.5, 0.6) is 0 Å². The van der Waals surface area contributed by atoms with Crippen LogP contribution in [-0.2, 0) is 14.3 Å². The Morgan fingerprint density at radius 2 is 1.73 bits per heavy atom.